The first kappa shape index (κ1) is 22.1. The van der Waals surface area contributed by atoms with Crippen molar-refractivity contribution in [3.8, 4) is 0 Å². The Bertz CT molecular complexity index is 1300. The number of rotatable bonds is 3. The summed E-state index contributed by atoms with van der Waals surface area (Å²) in [5, 5.41) is 11.9. The lowest BCUT2D eigenvalue weighted by atomic mass is 9.92. The third-order valence-corrected chi connectivity index (χ3v) is 6.37. The molecule has 1 aliphatic heterocycles. The normalized spacial score (nSPS) is 17.8. The molecule has 0 spiro atoms. The van der Waals surface area contributed by atoms with Crippen LogP contribution in [0.5, 0.6) is 0 Å². The Morgan fingerprint density at radius 3 is 2.28 bits per heavy atom. The molecule has 3 aromatic carbocycles. The number of aliphatic hydroxyl groups excluding tert-OH is 1. The zero-order valence-electron chi connectivity index (χ0n) is 17.8. The van der Waals surface area contributed by atoms with Gasteiger partial charge in [0.05, 0.1) is 21.7 Å². The highest BCUT2D eigenvalue weighted by Crippen LogP contribution is 2.43. The van der Waals surface area contributed by atoms with Gasteiger partial charge in [-0.2, -0.15) is 0 Å². The van der Waals surface area contributed by atoms with Crippen molar-refractivity contribution in [3.05, 3.63) is 104 Å². The fraction of sp³-hybridized carbons (Fsp3) is 0.154. The van der Waals surface area contributed by atoms with Crippen molar-refractivity contribution in [3.63, 3.8) is 0 Å². The predicted octanol–water partition coefficient (Wildman–Crippen LogP) is 6.54. The summed E-state index contributed by atoms with van der Waals surface area (Å²) >= 11 is 12.3. The van der Waals surface area contributed by atoms with Gasteiger partial charge in [-0.05, 0) is 56.2 Å². The molecule has 0 aliphatic carbocycles. The second-order valence-electron chi connectivity index (χ2n) is 8.00. The van der Waals surface area contributed by atoms with Crippen LogP contribution in [0, 0.1) is 20.8 Å². The van der Waals surface area contributed by atoms with Crippen LogP contribution in [0.1, 0.15) is 33.9 Å². The van der Waals surface area contributed by atoms with Crippen LogP contribution >= 0.6 is 23.2 Å². The Hall–Kier alpha value is -3.08. The maximum atomic E-state index is 13.3. The molecule has 1 amide bonds. The van der Waals surface area contributed by atoms with Crippen LogP contribution in [-0.2, 0) is 9.59 Å². The lowest BCUT2D eigenvalue weighted by molar-refractivity contribution is -0.132. The molecule has 4 rings (SSSR count). The molecule has 0 aromatic heterocycles. The number of hydrogen-bond acceptors (Lipinski definition) is 3. The van der Waals surface area contributed by atoms with Crippen LogP contribution in [0.25, 0.3) is 5.76 Å². The van der Waals surface area contributed by atoms with Gasteiger partial charge in [0, 0.05) is 11.3 Å². The minimum Gasteiger partial charge on any atom is -0.507 e. The van der Waals surface area contributed by atoms with Crippen LogP contribution in [-0.4, -0.2) is 16.8 Å². The Morgan fingerprint density at radius 2 is 1.59 bits per heavy atom. The highest BCUT2D eigenvalue weighted by Gasteiger charge is 2.47. The molecular weight excluding hydrogens is 445 g/mol. The number of carbonyl (C=O) groups excluding carboxylic acids is 2. The van der Waals surface area contributed by atoms with Gasteiger partial charge >= 0.3 is 0 Å². The van der Waals surface area contributed by atoms with Gasteiger partial charge in [0.2, 0.25) is 0 Å². The smallest absolute Gasteiger partial charge is 0.300 e. The van der Waals surface area contributed by atoms with Crippen molar-refractivity contribution in [2.45, 2.75) is 26.8 Å². The van der Waals surface area contributed by atoms with E-state index in [1.807, 2.05) is 63.2 Å². The molecule has 1 unspecified atom stereocenters. The number of hydrogen-bond donors (Lipinski definition) is 1. The van der Waals surface area contributed by atoms with Crippen molar-refractivity contribution < 1.29 is 14.7 Å². The molecule has 4 nitrogen and oxygen atoms in total. The SMILES string of the molecule is Cc1cccc(C2/C(=C(\O)c3cc(C)ccc3C)C(=O)C(=O)N2c2ccc(Cl)c(Cl)c2)c1. The topological polar surface area (TPSA) is 57.6 Å². The number of aliphatic hydroxyl groups is 1. The van der Waals surface area contributed by atoms with Gasteiger partial charge in [0.15, 0.2) is 0 Å². The molecule has 1 saturated heterocycles. The van der Waals surface area contributed by atoms with Gasteiger partial charge in [0.1, 0.15) is 5.76 Å². The van der Waals surface area contributed by atoms with Gasteiger partial charge in [-0.3, -0.25) is 14.5 Å². The summed E-state index contributed by atoms with van der Waals surface area (Å²) in [4.78, 5) is 27.8. The van der Waals surface area contributed by atoms with Crippen molar-refractivity contribution >= 4 is 46.3 Å². The molecule has 0 bridgehead atoms. The lowest BCUT2D eigenvalue weighted by Crippen LogP contribution is -2.29. The summed E-state index contributed by atoms with van der Waals surface area (Å²) in [6.07, 6.45) is 0. The van der Waals surface area contributed by atoms with Gasteiger partial charge in [-0.15, -0.1) is 0 Å². The fourth-order valence-corrected chi connectivity index (χ4v) is 4.32. The van der Waals surface area contributed by atoms with E-state index < -0.39 is 17.7 Å². The van der Waals surface area contributed by atoms with Crippen LogP contribution in [0.4, 0.5) is 5.69 Å². The first-order chi connectivity index (χ1) is 15.2. The summed E-state index contributed by atoms with van der Waals surface area (Å²) in [7, 11) is 0. The summed E-state index contributed by atoms with van der Waals surface area (Å²) in [6, 6.07) is 17.1. The standard InChI is InChI=1S/C26H21Cl2NO3/c1-14-5-4-6-17(11-14)23-22(24(30)19-12-15(2)7-8-16(19)3)25(31)26(32)29(23)18-9-10-20(27)21(28)13-18/h4-13,23,30H,1-3H3/b24-22+. The molecule has 1 heterocycles. The average molecular weight is 466 g/mol. The Kier molecular flexibility index (Phi) is 5.85. The third-order valence-electron chi connectivity index (χ3n) is 5.63. The van der Waals surface area contributed by atoms with Crippen molar-refractivity contribution in [1.29, 1.82) is 0 Å². The summed E-state index contributed by atoms with van der Waals surface area (Å²) < 4.78 is 0. The number of halogens is 2. The number of benzene rings is 3. The van der Waals surface area contributed by atoms with E-state index in [9.17, 15) is 14.7 Å². The van der Waals surface area contributed by atoms with Crippen molar-refractivity contribution in [2.24, 2.45) is 0 Å². The summed E-state index contributed by atoms with van der Waals surface area (Å²) in [5.41, 5.74) is 4.40. The molecule has 1 aliphatic rings. The second kappa shape index (κ2) is 8.45. The van der Waals surface area contributed by atoms with E-state index in [2.05, 4.69) is 0 Å². The van der Waals surface area contributed by atoms with Crippen molar-refractivity contribution in [2.75, 3.05) is 4.90 Å². The number of nitrogens with zero attached hydrogens (tertiary/aromatic N) is 1. The average Bonchev–Trinajstić information content (AvgIpc) is 3.02. The fourth-order valence-electron chi connectivity index (χ4n) is 4.03. The second-order valence-corrected chi connectivity index (χ2v) is 8.81. The lowest BCUT2D eigenvalue weighted by Gasteiger charge is -2.26. The molecule has 32 heavy (non-hydrogen) atoms. The van der Waals surface area contributed by atoms with Crippen LogP contribution in [0.15, 0.2) is 66.2 Å². The quantitative estimate of drug-likeness (QED) is 0.271. The first-order valence-electron chi connectivity index (χ1n) is 10.1. The van der Waals surface area contributed by atoms with E-state index >= 15 is 0 Å². The number of carbonyl (C=O) groups is 2. The number of ketones is 1. The van der Waals surface area contributed by atoms with E-state index in [1.165, 1.54) is 4.90 Å². The minimum atomic E-state index is -0.813. The number of amides is 1. The number of anilines is 1. The van der Waals surface area contributed by atoms with Crippen LogP contribution in [0.3, 0.4) is 0 Å². The maximum absolute atomic E-state index is 13.3. The highest BCUT2D eigenvalue weighted by atomic mass is 35.5. The molecule has 1 fully saturated rings. The molecule has 1 N–H and O–H groups in total. The molecule has 0 saturated carbocycles. The molecular formula is C26H21Cl2NO3. The van der Waals surface area contributed by atoms with E-state index in [-0.39, 0.29) is 16.4 Å². The zero-order valence-corrected chi connectivity index (χ0v) is 19.3. The Morgan fingerprint density at radius 1 is 0.875 bits per heavy atom. The Labute approximate surface area is 196 Å². The van der Waals surface area contributed by atoms with E-state index in [4.69, 9.17) is 23.2 Å². The molecule has 1 atom stereocenters. The maximum Gasteiger partial charge on any atom is 0.300 e. The summed E-state index contributed by atoms with van der Waals surface area (Å²) in [5.74, 6) is -1.68. The van der Waals surface area contributed by atoms with E-state index in [0.29, 0.717) is 21.8 Å². The van der Waals surface area contributed by atoms with Crippen LogP contribution in [0.2, 0.25) is 10.0 Å². The molecule has 162 valence electrons. The van der Waals surface area contributed by atoms with E-state index in [0.717, 1.165) is 16.7 Å². The number of aryl methyl sites for hydroxylation is 3. The monoisotopic (exact) mass is 465 g/mol. The largest absolute Gasteiger partial charge is 0.507 e. The minimum absolute atomic E-state index is 0.0420. The Balaban J connectivity index is 2.00. The first-order valence-corrected chi connectivity index (χ1v) is 10.8. The highest BCUT2D eigenvalue weighted by molar-refractivity contribution is 6.52. The van der Waals surface area contributed by atoms with Gasteiger partial charge in [-0.1, -0.05) is 70.7 Å². The number of Topliss-reactive ketones (excluding diaryl/α,β-unsaturated/α-hetero) is 1. The van der Waals surface area contributed by atoms with Gasteiger partial charge < -0.3 is 5.11 Å². The van der Waals surface area contributed by atoms with Crippen molar-refractivity contribution in [1.82, 2.24) is 0 Å². The zero-order chi connectivity index (χ0) is 23.2. The predicted molar refractivity (Wildman–Crippen MR) is 128 cm³/mol. The summed E-state index contributed by atoms with van der Waals surface area (Å²) in [6.45, 7) is 5.69. The van der Waals surface area contributed by atoms with E-state index in [1.54, 1.807) is 18.2 Å². The molecule has 0 radical (unpaired) electrons. The van der Waals surface area contributed by atoms with Gasteiger partial charge in [0.25, 0.3) is 11.7 Å². The third kappa shape index (κ3) is 3.81. The molecule has 6 heteroatoms. The van der Waals surface area contributed by atoms with Gasteiger partial charge in [-0.25, -0.2) is 0 Å². The molecule has 3 aromatic rings. The van der Waals surface area contributed by atoms with Crippen LogP contribution < -0.4 is 4.90 Å².